The number of methoxy groups -OCH3 is 2. The minimum absolute atomic E-state index is 0.00100. The number of hydrogen-bond acceptors (Lipinski definition) is 14. The van der Waals surface area contributed by atoms with Gasteiger partial charge in [-0.25, -0.2) is 14.3 Å². The summed E-state index contributed by atoms with van der Waals surface area (Å²) in [5.74, 6) is 1.29. The normalized spacial score (nSPS) is 16.5. The summed E-state index contributed by atoms with van der Waals surface area (Å²) in [6, 6.07) is 34.8. The fourth-order valence-corrected chi connectivity index (χ4v) is 9.36. The predicted octanol–water partition coefficient (Wildman–Crippen LogP) is 8.92. The number of ether oxygens (including phenoxy) is 5. The zero-order valence-electron chi connectivity index (χ0n) is 37.8. The maximum Gasteiger partial charge on any atom is 0.412 e. The molecule has 1 fully saturated rings. The van der Waals surface area contributed by atoms with Gasteiger partial charge >= 0.3 is 11.8 Å². The number of benzene rings is 4. The van der Waals surface area contributed by atoms with E-state index in [1.807, 2.05) is 78.9 Å². The Bertz CT molecular complexity index is 2390. The Morgan fingerprint density at radius 3 is 2.06 bits per heavy atom. The first kappa shape index (κ1) is 49.2. The number of aromatic nitrogens is 2. The Balaban J connectivity index is 1.32. The van der Waals surface area contributed by atoms with Gasteiger partial charge in [0.05, 0.1) is 57.6 Å². The summed E-state index contributed by atoms with van der Waals surface area (Å²) < 4.78 is 47.1. The van der Waals surface area contributed by atoms with Gasteiger partial charge < -0.3 is 32.7 Å². The molecule has 0 aliphatic carbocycles. The van der Waals surface area contributed by atoms with E-state index in [0.717, 1.165) is 22.3 Å². The van der Waals surface area contributed by atoms with Gasteiger partial charge in [-0.3, -0.25) is 20.0 Å². The van der Waals surface area contributed by atoms with Crippen LogP contribution in [0.5, 0.6) is 11.5 Å². The van der Waals surface area contributed by atoms with Crippen molar-refractivity contribution in [2.24, 2.45) is 0 Å². The lowest BCUT2D eigenvalue weighted by Gasteiger charge is -2.40. The van der Waals surface area contributed by atoms with Gasteiger partial charge in [-0.15, -0.1) is 0 Å². The van der Waals surface area contributed by atoms with Crippen LogP contribution in [-0.2, 0) is 35.3 Å². The number of carbonyl (C=O) groups is 1. The highest BCUT2D eigenvalue weighted by molar-refractivity contribution is 7.44. The first-order valence-electron chi connectivity index (χ1n) is 21.5. The van der Waals surface area contributed by atoms with Crippen LogP contribution in [0.2, 0.25) is 0 Å². The number of nitrogens with one attached hydrogen (secondary N) is 1. The van der Waals surface area contributed by atoms with Crippen molar-refractivity contribution in [2.45, 2.75) is 83.1 Å². The number of amides is 1. The van der Waals surface area contributed by atoms with Crippen LogP contribution in [0, 0.1) is 21.4 Å². The maximum absolute atomic E-state index is 13.8. The number of carbonyl (C=O) groups excluding carboxylic acids is 1. The molecule has 1 saturated heterocycles. The van der Waals surface area contributed by atoms with E-state index in [-0.39, 0.29) is 56.3 Å². The zero-order valence-corrected chi connectivity index (χ0v) is 38.7. The van der Waals surface area contributed by atoms with E-state index in [4.69, 9.17) is 32.7 Å². The van der Waals surface area contributed by atoms with Gasteiger partial charge in [0.1, 0.15) is 35.2 Å². The van der Waals surface area contributed by atoms with Crippen LogP contribution in [0.1, 0.15) is 69.0 Å². The van der Waals surface area contributed by atoms with Crippen LogP contribution >= 0.6 is 8.53 Å². The van der Waals surface area contributed by atoms with Crippen molar-refractivity contribution in [1.29, 1.82) is 5.26 Å². The monoisotopic (exact) mass is 922 g/mol. The summed E-state index contributed by atoms with van der Waals surface area (Å²) in [5, 5.41) is 22.8. The third kappa shape index (κ3) is 12.1. The first-order chi connectivity index (χ1) is 31.9. The molecule has 1 unspecified atom stereocenters. The van der Waals surface area contributed by atoms with Crippen LogP contribution in [0.3, 0.4) is 0 Å². The Morgan fingerprint density at radius 2 is 1.52 bits per heavy atom. The molecular formula is C48H55N6O11P. The van der Waals surface area contributed by atoms with Crippen molar-refractivity contribution in [3.8, 4) is 17.6 Å². The van der Waals surface area contributed by atoms with E-state index in [9.17, 15) is 25.0 Å². The third-order valence-corrected chi connectivity index (χ3v) is 12.9. The molecule has 4 atom stereocenters. The molecule has 66 heavy (non-hydrogen) atoms. The molecule has 6 rings (SSSR count). The number of nitro groups is 1. The van der Waals surface area contributed by atoms with Gasteiger partial charge in [-0.2, -0.15) is 10.2 Å². The number of anilines is 1. The fourth-order valence-electron chi connectivity index (χ4n) is 7.74. The van der Waals surface area contributed by atoms with Gasteiger partial charge in [-0.05, 0) is 80.3 Å². The molecule has 18 heteroatoms. The molecule has 1 amide bonds. The van der Waals surface area contributed by atoms with Gasteiger partial charge in [0.15, 0.2) is 0 Å². The third-order valence-electron chi connectivity index (χ3n) is 10.8. The lowest BCUT2D eigenvalue weighted by Crippen LogP contribution is -2.41. The van der Waals surface area contributed by atoms with E-state index in [2.05, 4.69) is 48.7 Å². The Labute approximate surface area is 385 Å². The lowest BCUT2D eigenvalue weighted by atomic mass is 9.79. The quantitative estimate of drug-likeness (QED) is 0.0227. The Kier molecular flexibility index (Phi) is 17.3. The Morgan fingerprint density at radius 1 is 0.909 bits per heavy atom. The summed E-state index contributed by atoms with van der Waals surface area (Å²) in [4.78, 5) is 41.1. The molecule has 1 aliphatic heterocycles. The molecule has 4 aromatic carbocycles. The minimum Gasteiger partial charge on any atom is -0.497 e. The van der Waals surface area contributed by atoms with Crippen molar-refractivity contribution in [3.63, 3.8) is 0 Å². The SMILES string of the molecule is COc1ccc(C(O[C@H]2C[C@H](n3ccc(NC(=O)OCCc4ccc([N+](=O)[O-])cc4)nc3=O)O[C@@H]2COP(OCCC#N)N(C(C)C)C(C)C)(c2ccccc2)c2ccc(OC)cc2)cc1. The second-order valence-electron chi connectivity index (χ2n) is 15.8. The van der Waals surface area contributed by atoms with Crippen molar-refractivity contribution < 1.29 is 42.4 Å². The van der Waals surface area contributed by atoms with Crippen LogP contribution in [-0.4, -0.2) is 83.6 Å². The summed E-state index contributed by atoms with van der Waals surface area (Å²) in [6.45, 7) is 8.37. The molecule has 1 N–H and O–H groups in total. The fraction of sp³-hybridized carbons (Fsp3) is 0.375. The molecular weight excluding hydrogens is 868 g/mol. The Hall–Kier alpha value is -6.25. The molecule has 0 bridgehead atoms. The highest BCUT2D eigenvalue weighted by Gasteiger charge is 2.47. The van der Waals surface area contributed by atoms with Crippen LogP contribution < -0.4 is 20.5 Å². The van der Waals surface area contributed by atoms with E-state index < -0.39 is 49.3 Å². The highest BCUT2D eigenvalue weighted by atomic mass is 31.2. The smallest absolute Gasteiger partial charge is 0.412 e. The predicted molar refractivity (Wildman–Crippen MR) is 247 cm³/mol. The number of nitriles is 1. The highest BCUT2D eigenvalue weighted by Crippen LogP contribution is 2.49. The van der Waals surface area contributed by atoms with Gasteiger partial charge in [0.25, 0.3) is 14.2 Å². The lowest BCUT2D eigenvalue weighted by molar-refractivity contribution is -0.384. The molecule has 0 spiro atoms. The largest absolute Gasteiger partial charge is 0.497 e. The van der Waals surface area contributed by atoms with E-state index >= 15 is 0 Å². The average molecular weight is 923 g/mol. The molecule has 5 aromatic rings. The maximum atomic E-state index is 13.8. The second kappa shape index (κ2) is 23.3. The van der Waals surface area contributed by atoms with Crippen molar-refractivity contribution >= 4 is 26.1 Å². The summed E-state index contributed by atoms with van der Waals surface area (Å²) in [6.07, 6.45) is -1.04. The summed E-state index contributed by atoms with van der Waals surface area (Å²) in [5.41, 5.74) is 1.18. The zero-order chi connectivity index (χ0) is 47.2. The van der Waals surface area contributed by atoms with Gasteiger partial charge in [-0.1, -0.05) is 66.7 Å². The number of hydrogen-bond donors (Lipinski definition) is 1. The van der Waals surface area contributed by atoms with Crippen molar-refractivity contribution in [1.82, 2.24) is 14.2 Å². The van der Waals surface area contributed by atoms with E-state index in [1.165, 1.54) is 29.0 Å². The number of non-ortho nitro benzene ring substituents is 1. The summed E-state index contributed by atoms with van der Waals surface area (Å²) >= 11 is 0. The van der Waals surface area contributed by atoms with Gasteiger partial charge in [0, 0.05) is 43.3 Å². The number of nitrogens with zero attached hydrogens (tertiary/aromatic N) is 5. The molecule has 2 heterocycles. The molecule has 1 aliphatic rings. The van der Waals surface area contributed by atoms with Crippen molar-refractivity contribution in [2.75, 3.05) is 39.4 Å². The topological polar surface area (TPSA) is 199 Å². The van der Waals surface area contributed by atoms with Crippen LogP contribution in [0.15, 0.2) is 120 Å². The second-order valence-corrected chi connectivity index (χ2v) is 17.3. The molecule has 0 saturated carbocycles. The molecule has 1 aromatic heterocycles. The number of nitro benzene ring substituents is 1. The van der Waals surface area contributed by atoms with Crippen molar-refractivity contribution in [3.05, 3.63) is 158 Å². The van der Waals surface area contributed by atoms with E-state index in [1.54, 1.807) is 26.4 Å². The van der Waals surface area contributed by atoms with Crippen LogP contribution in [0.4, 0.5) is 16.3 Å². The molecule has 348 valence electrons. The summed E-state index contributed by atoms with van der Waals surface area (Å²) in [7, 11) is 1.54. The molecule has 0 radical (unpaired) electrons. The van der Waals surface area contributed by atoms with E-state index in [0.29, 0.717) is 17.9 Å². The molecule has 17 nitrogen and oxygen atoms in total. The van der Waals surface area contributed by atoms with Crippen LogP contribution in [0.25, 0.3) is 0 Å². The first-order valence-corrected chi connectivity index (χ1v) is 22.6. The average Bonchev–Trinajstić information content (AvgIpc) is 3.71. The van der Waals surface area contributed by atoms with Gasteiger partial charge in [0.2, 0.25) is 0 Å². The standard InChI is InChI=1S/C48H55N6O11P/c1-33(2)53(34(3)4)66(62-29-10-27-49)63-32-43-42(65-48(36-11-8-7-9-12-36,37-15-21-40(59-5)22-16-37)38-17-23-41(60-6)24-18-38)31-45(64-43)52-28-25-44(50-46(52)55)51-47(56)61-30-26-35-13-19-39(20-14-35)54(57)58/h7-9,11-25,28,33-34,42-43,45H,10,26,29-32H2,1-6H3,(H,50,51,55,56)/t42-,43+,45+,66?/m0/s1. The minimum atomic E-state index is -1.67. The number of rotatable bonds is 22.